The van der Waals surface area contributed by atoms with Gasteiger partial charge in [0.05, 0.1) is 35.8 Å². The predicted molar refractivity (Wildman–Crippen MR) is 74.5 cm³/mol. The second-order valence-corrected chi connectivity index (χ2v) is 6.85. The topological polar surface area (TPSA) is 92.7 Å². The number of anilines is 1. The average Bonchev–Trinajstić information content (AvgIpc) is 2.63. The number of benzene rings is 1. The van der Waals surface area contributed by atoms with E-state index in [0.717, 1.165) is 0 Å². The molecule has 2 N–H and O–H groups in total. The highest BCUT2D eigenvalue weighted by molar-refractivity contribution is 7.91. The molecule has 1 heterocycles. The molecule has 20 heavy (non-hydrogen) atoms. The minimum absolute atomic E-state index is 0.0895. The zero-order valence-corrected chi connectivity index (χ0v) is 11.9. The third-order valence-corrected chi connectivity index (χ3v) is 4.79. The van der Waals surface area contributed by atoms with Gasteiger partial charge in [0, 0.05) is 5.69 Å². The van der Waals surface area contributed by atoms with Crippen molar-refractivity contribution in [2.75, 3.05) is 23.4 Å². The molecule has 0 amide bonds. The van der Waals surface area contributed by atoms with Crippen LogP contribution in [-0.2, 0) is 14.6 Å². The molecular weight excluding hydrogens is 282 g/mol. The molecule has 1 saturated heterocycles. The largest absolute Gasteiger partial charge is 0.462 e. The second kappa shape index (κ2) is 5.80. The Balaban J connectivity index is 2.03. The second-order valence-electron chi connectivity index (χ2n) is 4.69. The first kappa shape index (κ1) is 14.8. The lowest BCUT2D eigenvalue weighted by Crippen LogP contribution is -2.31. The van der Waals surface area contributed by atoms with Crippen molar-refractivity contribution >= 4 is 21.5 Å². The highest BCUT2D eigenvalue weighted by Gasteiger charge is 2.36. The molecule has 0 unspecified atom stereocenters. The number of ether oxygens (including phenoxy) is 1. The smallest absolute Gasteiger partial charge is 0.338 e. The van der Waals surface area contributed by atoms with Gasteiger partial charge in [0.25, 0.3) is 0 Å². The first-order chi connectivity index (χ1) is 9.41. The van der Waals surface area contributed by atoms with Crippen LogP contribution >= 0.6 is 0 Å². The third-order valence-electron chi connectivity index (χ3n) is 3.07. The molecule has 1 aliphatic rings. The van der Waals surface area contributed by atoms with Gasteiger partial charge in [0.1, 0.15) is 0 Å². The quantitative estimate of drug-likeness (QED) is 0.783. The number of carbonyl (C=O) groups excluding carboxylic acids is 1. The fourth-order valence-electron chi connectivity index (χ4n) is 2.10. The van der Waals surface area contributed by atoms with Crippen molar-refractivity contribution in [1.29, 1.82) is 0 Å². The highest BCUT2D eigenvalue weighted by Crippen LogP contribution is 2.18. The third kappa shape index (κ3) is 3.49. The van der Waals surface area contributed by atoms with Crippen molar-refractivity contribution in [3.05, 3.63) is 29.8 Å². The zero-order chi connectivity index (χ0) is 14.8. The van der Waals surface area contributed by atoms with Crippen LogP contribution in [0.4, 0.5) is 5.69 Å². The Hall–Kier alpha value is -1.60. The molecule has 6 nitrogen and oxygen atoms in total. The molecule has 0 saturated carbocycles. The van der Waals surface area contributed by atoms with Crippen molar-refractivity contribution < 1.29 is 23.1 Å². The molecule has 110 valence electrons. The van der Waals surface area contributed by atoms with E-state index in [1.165, 1.54) is 0 Å². The molecule has 0 aliphatic carbocycles. The van der Waals surface area contributed by atoms with Crippen molar-refractivity contribution in [2.24, 2.45) is 0 Å². The minimum atomic E-state index is -3.18. The monoisotopic (exact) mass is 299 g/mol. The molecule has 1 aromatic rings. The van der Waals surface area contributed by atoms with Gasteiger partial charge in [-0.15, -0.1) is 0 Å². The fraction of sp³-hybridized carbons (Fsp3) is 0.462. The summed E-state index contributed by atoms with van der Waals surface area (Å²) in [5.41, 5.74) is 1.08. The van der Waals surface area contributed by atoms with Gasteiger partial charge < -0.3 is 15.2 Å². The number of hydrogen-bond acceptors (Lipinski definition) is 6. The van der Waals surface area contributed by atoms with Crippen LogP contribution in [0.2, 0.25) is 0 Å². The summed E-state index contributed by atoms with van der Waals surface area (Å²) in [4.78, 5) is 11.5. The van der Waals surface area contributed by atoms with E-state index < -0.39 is 28.0 Å². The van der Waals surface area contributed by atoms with Crippen molar-refractivity contribution in [3.63, 3.8) is 0 Å². The number of hydrogen-bond donors (Lipinski definition) is 2. The van der Waals surface area contributed by atoms with Crippen molar-refractivity contribution in [3.8, 4) is 0 Å². The minimum Gasteiger partial charge on any atom is -0.462 e. The van der Waals surface area contributed by atoms with Gasteiger partial charge in [0.2, 0.25) is 0 Å². The van der Waals surface area contributed by atoms with Crippen LogP contribution in [0.25, 0.3) is 0 Å². The standard InChI is InChI=1S/C13H17NO5S/c1-2-19-13(16)9-3-5-10(6-4-9)14-11-7-20(17,18)8-12(11)15/h3-6,11-12,14-15H,2,7-8H2,1H3/t11-,12+/m0/s1. The van der Waals surface area contributed by atoms with E-state index >= 15 is 0 Å². The Morgan fingerprint density at radius 2 is 2.00 bits per heavy atom. The van der Waals surface area contributed by atoms with Gasteiger partial charge in [-0.05, 0) is 31.2 Å². The molecule has 1 fully saturated rings. The summed E-state index contributed by atoms with van der Waals surface area (Å²) in [6.07, 6.45) is -0.912. The lowest BCUT2D eigenvalue weighted by Gasteiger charge is -2.16. The Labute approximate surface area is 117 Å². The lowest BCUT2D eigenvalue weighted by molar-refractivity contribution is 0.0526. The zero-order valence-electron chi connectivity index (χ0n) is 11.1. The maximum Gasteiger partial charge on any atom is 0.338 e. The number of aliphatic hydroxyl groups excluding tert-OH is 1. The first-order valence-electron chi connectivity index (χ1n) is 6.33. The molecular formula is C13H17NO5S. The molecule has 1 aromatic carbocycles. The number of esters is 1. The van der Waals surface area contributed by atoms with E-state index in [9.17, 15) is 18.3 Å². The van der Waals surface area contributed by atoms with Gasteiger partial charge in [0.15, 0.2) is 9.84 Å². The Bertz CT molecular complexity index is 581. The van der Waals surface area contributed by atoms with Crippen LogP contribution in [0.1, 0.15) is 17.3 Å². The lowest BCUT2D eigenvalue weighted by atomic mass is 10.1. The summed E-state index contributed by atoms with van der Waals surface area (Å²) in [6, 6.07) is 5.98. The van der Waals surface area contributed by atoms with Crippen LogP contribution in [0.15, 0.2) is 24.3 Å². The SMILES string of the molecule is CCOC(=O)c1ccc(N[C@H]2CS(=O)(=O)C[C@H]2O)cc1. The summed E-state index contributed by atoms with van der Waals surface area (Å²) < 4.78 is 27.7. The molecule has 0 aromatic heterocycles. The Morgan fingerprint density at radius 1 is 1.35 bits per heavy atom. The number of nitrogens with one attached hydrogen (secondary N) is 1. The van der Waals surface area contributed by atoms with Gasteiger partial charge in [-0.3, -0.25) is 0 Å². The van der Waals surface area contributed by atoms with E-state index in [0.29, 0.717) is 17.9 Å². The van der Waals surface area contributed by atoms with Crippen LogP contribution in [0, 0.1) is 0 Å². The van der Waals surface area contributed by atoms with Crippen molar-refractivity contribution in [1.82, 2.24) is 0 Å². The number of aliphatic hydroxyl groups is 1. The molecule has 0 spiro atoms. The van der Waals surface area contributed by atoms with E-state index in [-0.39, 0.29) is 11.5 Å². The molecule has 7 heteroatoms. The summed E-state index contributed by atoms with van der Waals surface area (Å²) in [5, 5.41) is 12.6. The normalized spacial score (nSPS) is 24.3. The summed E-state index contributed by atoms with van der Waals surface area (Å²) in [5.74, 6) is -0.707. The van der Waals surface area contributed by atoms with Gasteiger partial charge >= 0.3 is 5.97 Å². The average molecular weight is 299 g/mol. The molecule has 1 aliphatic heterocycles. The summed E-state index contributed by atoms with van der Waals surface area (Å²) in [7, 11) is -3.18. The summed E-state index contributed by atoms with van der Waals surface area (Å²) >= 11 is 0. The predicted octanol–water partition coefficient (Wildman–Crippen LogP) is 0.433. The van der Waals surface area contributed by atoms with E-state index in [4.69, 9.17) is 4.74 Å². The Kier molecular flexibility index (Phi) is 4.29. The molecule has 2 rings (SSSR count). The van der Waals surface area contributed by atoms with Crippen LogP contribution < -0.4 is 5.32 Å². The molecule has 0 bridgehead atoms. The van der Waals surface area contributed by atoms with E-state index in [2.05, 4.69) is 5.32 Å². The maximum absolute atomic E-state index is 11.5. The maximum atomic E-state index is 11.5. The number of rotatable bonds is 4. The van der Waals surface area contributed by atoms with E-state index in [1.54, 1.807) is 31.2 Å². The number of carbonyl (C=O) groups is 1. The first-order valence-corrected chi connectivity index (χ1v) is 8.15. The fourth-order valence-corrected chi connectivity index (χ4v) is 3.84. The summed E-state index contributed by atoms with van der Waals surface area (Å²) in [6.45, 7) is 2.04. The highest BCUT2D eigenvalue weighted by atomic mass is 32.2. The molecule has 0 radical (unpaired) electrons. The van der Waals surface area contributed by atoms with Crippen LogP contribution in [0.3, 0.4) is 0 Å². The van der Waals surface area contributed by atoms with Gasteiger partial charge in [-0.2, -0.15) is 0 Å². The number of sulfone groups is 1. The Morgan fingerprint density at radius 3 is 2.50 bits per heavy atom. The van der Waals surface area contributed by atoms with Crippen molar-refractivity contribution in [2.45, 2.75) is 19.1 Å². The molecule has 2 atom stereocenters. The van der Waals surface area contributed by atoms with Gasteiger partial charge in [-0.25, -0.2) is 13.2 Å². The van der Waals surface area contributed by atoms with Gasteiger partial charge in [-0.1, -0.05) is 0 Å². The van der Waals surface area contributed by atoms with Crippen LogP contribution in [0.5, 0.6) is 0 Å². The van der Waals surface area contributed by atoms with Crippen LogP contribution in [-0.4, -0.2) is 49.8 Å². The van der Waals surface area contributed by atoms with E-state index in [1.807, 2.05) is 0 Å².